The summed E-state index contributed by atoms with van der Waals surface area (Å²) in [6.07, 6.45) is 14.7. The van der Waals surface area contributed by atoms with Gasteiger partial charge in [0.05, 0.1) is 10.7 Å². The van der Waals surface area contributed by atoms with Crippen molar-refractivity contribution in [3.63, 3.8) is 0 Å². The molecule has 2 N–H and O–H groups in total. The molecule has 0 unspecified atom stereocenters. The maximum absolute atomic E-state index is 9.98. The van der Waals surface area contributed by atoms with E-state index in [1.165, 1.54) is 18.5 Å². The van der Waals surface area contributed by atoms with Crippen LogP contribution in [-0.4, -0.2) is 16.0 Å². The third-order valence-electron chi connectivity index (χ3n) is 4.00. The maximum Gasteiger partial charge on any atom is 0.159 e. The van der Waals surface area contributed by atoms with E-state index in [0.29, 0.717) is 0 Å². The third-order valence-corrected chi connectivity index (χ3v) is 5.02. The Morgan fingerprint density at radius 2 is 2.04 bits per heavy atom. The minimum atomic E-state index is -0.0897. The molecule has 0 fully saturated rings. The molecule has 2 aliphatic rings. The normalized spacial score (nSPS) is 17.1. The zero-order chi connectivity index (χ0) is 16.2. The van der Waals surface area contributed by atoms with Gasteiger partial charge in [-0.25, -0.2) is 0 Å². The SMILES string of the molecule is C=CCSC1=CC=Cc2cc(O)c(O)cc2N1C1=CCCCC1. The van der Waals surface area contributed by atoms with Gasteiger partial charge in [-0.05, 0) is 37.8 Å². The van der Waals surface area contributed by atoms with Gasteiger partial charge in [-0.2, -0.15) is 0 Å². The molecule has 1 aliphatic carbocycles. The van der Waals surface area contributed by atoms with E-state index in [0.717, 1.165) is 34.9 Å². The molecule has 3 rings (SSSR count). The van der Waals surface area contributed by atoms with Gasteiger partial charge in [0.15, 0.2) is 11.5 Å². The van der Waals surface area contributed by atoms with Gasteiger partial charge in [0.2, 0.25) is 0 Å². The first kappa shape index (κ1) is 15.8. The van der Waals surface area contributed by atoms with E-state index in [1.807, 2.05) is 18.2 Å². The van der Waals surface area contributed by atoms with Gasteiger partial charge in [-0.15, -0.1) is 18.3 Å². The summed E-state index contributed by atoms with van der Waals surface area (Å²) in [6.45, 7) is 3.80. The molecule has 1 aromatic rings. The predicted octanol–water partition coefficient (Wildman–Crippen LogP) is 5.15. The summed E-state index contributed by atoms with van der Waals surface area (Å²) in [7, 11) is 0. The highest BCUT2D eigenvalue weighted by atomic mass is 32.2. The average molecular weight is 327 g/mol. The molecule has 120 valence electrons. The highest BCUT2D eigenvalue weighted by Crippen LogP contribution is 2.42. The van der Waals surface area contributed by atoms with Crippen LogP contribution in [0.15, 0.2) is 53.7 Å². The second kappa shape index (κ2) is 7.01. The van der Waals surface area contributed by atoms with E-state index < -0.39 is 0 Å². The highest BCUT2D eigenvalue weighted by molar-refractivity contribution is 8.03. The minimum Gasteiger partial charge on any atom is -0.504 e. The zero-order valence-corrected chi connectivity index (χ0v) is 13.9. The fourth-order valence-electron chi connectivity index (χ4n) is 2.91. The van der Waals surface area contributed by atoms with Gasteiger partial charge in [-0.1, -0.05) is 24.3 Å². The van der Waals surface area contributed by atoms with E-state index in [1.54, 1.807) is 23.9 Å². The molecule has 4 heteroatoms. The summed E-state index contributed by atoms with van der Waals surface area (Å²) in [5, 5.41) is 20.9. The maximum atomic E-state index is 9.98. The fourth-order valence-corrected chi connectivity index (χ4v) is 3.72. The molecule has 1 aliphatic heterocycles. The number of aromatic hydroxyl groups is 2. The summed E-state index contributed by atoms with van der Waals surface area (Å²) in [6, 6.07) is 3.27. The van der Waals surface area contributed by atoms with Crippen LogP contribution in [0.4, 0.5) is 5.69 Å². The Hall–Kier alpha value is -2.07. The second-order valence-corrected chi connectivity index (χ2v) is 6.68. The summed E-state index contributed by atoms with van der Waals surface area (Å²) in [5.74, 6) is 0.643. The summed E-state index contributed by atoms with van der Waals surface area (Å²) < 4.78 is 0. The molecule has 0 spiro atoms. The van der Waals surface area contributed by atoms with Crippen molar-refractivity contribution in [3.05, 3.63) is 59.3 Å². The summed E-state index contributed by atoms with van der Waals surface area (Å²) >= 11 is 1.72. The van der Waals surface area contributed by atoms with Gasteiger partial charge in [0, 0.05) is 23.1 Å². The van der Waals surface area contributed by atoms with Crippen molar-refractivity contribution >= 4 is 23.5 Å². The molecule has 23 heavy (non-hydrogen) atoms. The first-order valence-electron chi connectivity index (χ1n) is 7.88. The topological polar surface area (TPSA) is 43.7 Å². The number of phenols is 2. The van der Waals surface area contributed by atoms with Crippen molar-refractivity contribution < 1.29 is 10.2 Å². The molecular formula is C19H21NO2S. The molecule has 0 radical (unpaired) electrons. The number of fused-ring (bicyclic) bond motifs is 1. The molecule has 0 saturated heterocycles. The molecule has 1 aromatic carbocycles. The summed E-state index contributed by atoms with van der Waals surface area (Å²) in [5.41, 5.74) is 3.07. The van der Waals surface area contributed by atoms with E-state index in [9.17, 15) is 10.2 Å². The van der Waals surface area contributed by atoms with Crippen LogP contribution >= 0.6 is 11.8 Å². The summed E-state index contributed by atoms with van der Waals surface area (Å²) in [4.78, 5) is 2.21. The number of rotatable bonds is 4. The van der Waals surface area contributed by atoms with Crippen molar-refractivity contribution in [2.45, 2.75) is 25.7 Å². The van der Waals surface area contributed by atoms with Gasteiger partial charge < -0.3 is 15.1 Å². The lowest BCUT2D eigenvalue weighted by Crippen LogP contribution is -2.22. The van der Waals surface area contributed by atoms with Crippen LogP contribution in [0.25, 0.3) is 6.08 Å². The van der Waals surface area contributed by atoms with E-state index in [2.05, 4.69) is 23.6 Å². The lowest BCUT2D eigenvalue weighted by Gasteiger charge is -2.32. The number of nitrogens with zero attached hydrogens (tertiary/aromatic N) is 1. The lowest BCUT2D eigenvalue weighted by molar-refractivity contribution is 0.404. The van der Waals surface area contributed by atoms with E-state index in [4.69, 9.17) is 0 Å². The van der Waals surface area contributed by atoms with E-state index in [-0.39, 0.29) is 11.5 Å². The number of thioether (sulfide) groups is 1. The Kier molecular flexibility index (Phi) is 4.82. The van der Waals surface area contributed by atoms with Crippen LogP contribution in [-0.2, 0) is 0 Å². The Labute approximate surface area is 141 Å². The van der Waals surface area contributed by atoms with Gasteiger partial charge >= 0.3 is 0 Å². The van der Waals surface area contributed by atoms with Crippen molar-refractivity contribution in [2.24, 2.45) is 0 Å². The standard InChI is InChI=1S/C19H21NO2S/c1-2-11-23-19-10-6-7-14-12-17(21)18(22)13-16(14)20(19)15-8-4-3-5-9-15/h2,6-8,10,12-13,21-22H,1,3-5,9,11H2. The number of phenolic OH excluding ortho intramolecular Hbond substituents is 2. The zero-order valence-electron chi connectivity index (χ0n) is 13.0. The molecule has 0 amide bonds. The van der Waals surface area contributed by atoms with Crippen LogP contribution in [0.5, 0.6) is 11.5 Å². The Morgan fingerprint density at radius 1 is 1.22 bits per heavy atom. The molecule has 0 atom stereocenters. The predicted molar refractivity (Wildman–Crippen MR) is 98.6 cm³/mol. The van der Waals surface area contributed by atoms with Crippen molar-refractivity contribution in [1.29, 1.82) is 0 Å². The largest absolute Gasteiger partial charge is 0.504 e. The van der Waals surface area contributed by atoms with Gasteiger partial charge in [-0.3, -0.25) is 0 Å². The molecule has 0 aromatic heterocycles. The van der Waals surface area contributed by atoms with Gasteiger partial charge in [0.1, 0.15) is 0 Å². The highest BCUT2D eigenvalue weighted by Gasteiger charge is 2.23. The van der Waals surface area contributed by atoms with Crippen molar-refractivity contribution in [2.75, 3.05) is 10.7 Å². The third kappa shape index (κ3) is 3.32. The number of hydrogen-bond donors (Lipinski definition) is 2. The molecular weight excluding hydrogens is 306 g/mol. The van der Waals surface area contributed by atoms with Crippen molar-refractivity contribution in [3.8, 4) is 11.5 Å². The smallest absolute Gasteiger partial charge is 0.159 e. The average Bonchev–Trinajstić information content (AvgIpc) is 2.73. The Balaban J connectivity index is 2.10. The molecule has 1 heterocycles. The quantitative estimate of drug-likeness (QED) is 0.593. The number of hydrogen-bond acceptors (Lipinski definition) is 4. The first-order chi connectivity index (χ1) is 11.2. The molecule has 0 saturated carbocycles. The van der Waals surface area contributed by atoms with Crippen LogP contribution in [0.3, 0.4) is 0 Å². The first-order valence-corrected chi connectivity index (χ1v) is 8.86. The van der Waals surface area contributed by atoms with Crippen LogP contribution < -0.4 is 4.90 Å². The molecule has 3 nitrogen and oxygen atoms in total. The molecule has 0 bridgehead atoms. The number of allylic oxidation sites excluding steroid dienone is 4. The Morgan fingerprint density at radius 3 is 2.78 bits per heavy atom. The monoisotopic (exact) mass is 327 g/mol. The van der Waals surface area contributed by atoms with Crippen molar-refractivity contribution in [1.82, 2.24) is 0 Å². The lowest BCUT2D eigenvalue weighted by atomic mass is 10.0. The van der Waals surface area contributed by atoms with Crippen LogP contribution in [0.1, 0.15) is 31.2 Å². The number of anilines is 1. The van der Waals surface area contributed by atoms with Gasteiger partial charge in [0.25, 0.3) is 0 Å². The van der Waals surface area contributed by atoms with E-state index >= 15 is 0 Å². The second-order valence-electron chi connectivity index (χ2n) is 5.64. The Bertz CT molecular complexity index is 704. The number of benzene rings is 1. The van der Waals surface area contributed by atoms with Crippen LogP contribution in [0, 0.1) is 0 Å². The van der Waals surface area contributed by atoms with Crippen LogP contribution in [0.2, 0.25) is 0 Å². The fraction of sp³-hybridized carbons (Fsp3) is 0.263. The minimum absolute atomic E-state index is 0.0893.